The molecule has 1 saturated carbocycles. The van der Waals surface area contributed by atoms with Crippen LogP contribution in [0.1, 0.15) is 168 Å². The number of aliphatic imine (C=N–C) groups is 2. The summed E-state index contributed by atoms with van der Waals surface area (Å²) in [5, 5.41) is 22.5. The molecule has 60 heavy (non-hydrogen) atoms. The SMILES string of the molecule is C1CCOC1.C1CCOC1.CC(C)(C)c1cc(C=NC2CCCCC2N=Cc2cc(C(C)(C)C)cc(C(C)(C)C)c2O)c(O)c(C(C)(C)C)c1.[C-]#[O+].[C-]#[O+].[C-]#[O+].[C-]#[O+].[Co+3].[Cr+3]. The maximum atomic E-state index is 11.2. The number of hydrogen-bond acceptors (Lipinski definition) is 6. The van der Waals surface area contributed by atoms with E-state index in [-0.39, 0.29) is 67.9 Å². The van der Waals surface area contributed by atoms with E-state index in [0.29, 0.717) is 11.5 Å². The van der Waals surface area contributed by atoms with Crippen molar-refractivity contribution >= 4 is 12.4 Å². The van der Waals surface area contributed by atoms with Gasteiger partial charge in [-0.3, -0.25) is 9.98 Å². The number of ether oxygens (including phenoxy) is 2. The molecule has 0 spiro atoms. The number of nitrogens with zero attached hydrogens (tertiary/aromatic N) is 2. The standard InChI is InChI=1S/C36H54N2O2.2C4H8O.4CO.Co.Cr/c1-33(2,3)25-17-23(31(39)27(19-25)35(7,8)9)21-37-29-15-13-14-16-30(29)38-22-24-18-26(34(4,5)6)20-28(32(24)40)36(10,11)12;2*1-2-4-5-3-1;4*1-2;;/h17-22,29-30,39-40H,13-16H2,1-12H3;2*1-4H2;;;;;;/q;;;;;;;2*+3. The van der Waals surface area contributed by atoms with Crippen molar-refractivity contribution in [3.8, 4) is 11.5 Å². The summed E-state index contributed by atoms with van der Waals surface area (Å²) < 4.78 is 39.9. The molecule has 2 aromatic carbocycles. The van der Waals surface area contributed by atoms with Crippen molar-refractivity contribution in [3.63, 3.8) is 0 Å². The van der Waals surface area contributed by atoms with Crippen LogP contribution in [0.4, 0.5) is 0 Å². The van der Waals surface area contributed by atoms with E-state index in [1.165, 1.54) is 36.8 Å². The molecule has 12 heteroatoms. The van der Waals surface area contributed by atoms with E-state index in [1.807, 2.05) is 12.4 Å². The molecule has 2 saturated heterocycles. The summed E-state index contributed by atoms with van der Waals surface area (Å²) in [6.07, 6.45) is 13.0. The fraction of sp³-hybridized carbons (Fsp3) is 0.625. The Hall–Kier alpha value is -2.70. The molecule has 329 valence electrons. The summed E-state index contributed by atoms with van der Waals surface area (Å²) in [4.78, 5) is 10.1. The number of hydrogen-bond donors (Lipinski definition) is 2. The van der Waals surface area contributed by atoms with E-state index >= 15 is 0 Å². The third-order valence-corrected chi connectivity index (χ3v) is 9.79. The molecule has 1 aliphatic carbocycles. The van der Waals surface area contributed by atoms with Gasteiger partial charge in [0.05, 0.1) is 12.1 Å². The third-order valence-electron chi connectivity index (χ3n) is 9.79. The second-order valence-electron chi connectivity index (χ2n) is 18.5. The fourth-order valence-electron chi connectivity index (χ4n) is 6.33. The third kappa shape index (κ3) is 22.9. The van der Waals surface area contributed by atoms with Crippen LogP contribution in [0.5, 0.6) is 11.5 Å². The molecule has 2 unspecified atom stereocenters. The van der Waals surface area contributed by atoms with E-state index in [1.54, 1.807) is 0 Å². The number of phenolic OH excluding ortho intramolecular Hbond substituents is 2. The average molecular weight is 914 g/mol. The van der Waals surface area contributed by atoms with Gasteiger partial charge in [-0.2, -0.15) is 0 Å². The number of aromatic hydroxyl groups is 2. The maximum absolute atomic E-state index is 11.2. The van der Waals surface area contributed by atoms with Crippen molar-refractivity contribution in [3.05, 3.63) is 84.2 Å². The van der Waals surface area contributed by atoms with Crippen molar-refractivity contribution in [2.24, 2.45) is 9.98 Å². The molecule has 2 N–H and O–H groups in total. The zero-order valence-electron chi connectivity index (χ0n) is 38.1. The molecular weight excluding hydrogens is 843 g/mol. The number of benzene rings is 2. The molecule has 2 atom stereocenters. The Balaban J connectivity index is -0.000000658. The van der Waals surface area contributed by atoms with Crippen molar-refractivity contribution < 1.29 is 72.4 Å². The molecule has 3 aliphatic rings. The Morgan fingerprint density at radius 3 is 0.967 bits per heavy atom. The molecule has 5 rings (SSSR count). The largest absolute Gasteiger partial charge is 3.00 e. The summed E-state index contributed by atoms with van der Waals surface area (Å²) in [7, 11) is 0. The topological polar surface area (TPSA) is 163 Å². The van der Waals surface area contributed by atoms with Crippen LogP contribution in [-0.2, 0) is 83.9 Å². The Kier molecular flexibility index (Phi) is 34.1. The van der Waals surface area contributed by atoms with Crippen LogP contribution in [0.15, 0.2) is 34.3 Å². The maximum Gasteiger partial charge on any atom is 3.00 e. The summed E-state index contributed by atoms with van der Waals surface area (Å²) in [6, 6.07) is 8.53. The molecular formula is C48H70CoCrN2O8+6. The van der Waals surface area contributed by atoms with E-state index in [4.69, 9.17) is 38.1 Å². The predicted octanol–water partition coefficient (Wildman–Crippen LogP) is 10.6. The van der Waals surface area contributed by atoms with Crippen molar-refractivity contribution in [2.45, 2.75) is 168 Å². The molecule has 0 bridgehead atoms. The normalized spacial score (nSPS) is 17.2. The van der Waals surface area contributed by atoms with Crippen molar-refractivity contribution in [1.82, 2.24) is 0 Å². The summed E-state index contributed by atoms with van der Waals surface area (Å²) in [5.41, 5.74) is 5.39. The fourth-order valence-corrected chi connectivity index (χ4v) is 6.33. The molecule has 2 aromatic rings. The minimum absolute atomic E-state index is 0. The van der Waals surface area contributed by atoms with Gasteiger partial charge >= 0.3 is 79.4 Å². The van der Waals surface area contributed by atoms with Gasteiger partial charge in [0.2, 0.25) is 0 Å². The van der Waals surface area contributed by atoms with Crippen LogP contribution < -0.4 is 0 Å². The molecule has 3 fully saturated rings. The number of rotatable bonds is 4. The smallest absolute Gasteiger partial charge is 3.00 e. The monoisotopic (exact) mass is 913 g/mol. The molecule has 0 aromatic heterocycles. The van der Waals surface area contributed by atoms with Crippen LogP contribution >= 0.6 is 0 Å². The van der Waals surface area contributed by atoms with Gasteiger partial charge in [-0.05, 0) is 83.4 Å². The Bertz CT molecular complexity index is 1480. The van der Waals surface area contributed by atoms with Crippen LogP contribution in [0.2, 0.25) is 0 Å². The first-order valence-electron chi connectivity index (χ1n) is 20.0. The molecule has 10 nitrogen and oxygen atoms in total. The van der Waals surface area contributed by atoms with Gasteiger partial charge in [0, 0.05) is 61.1 Å². The van der Waals surface area contributed by atoms with Gasteiger partial charge in [0.25, 0.3) is 0 Å². The zero-order valence-corrected chi connectivity index (χ0v) is 40.4. The minimum atomic E-state index is -0.179. The zero-order chi connectivity index (χ0) is 45.3. The van der Waals surface area contributed by atoms with E-state index in [2.05, 4.69) is 134 Å². The van der Waals surface area contributed by atoms with Gasteiger partial charge < -0.3 is 19.7 Å². The quantitative estimate of drug-likeness (QED) is 0.177. The second kappa shape index (κ2) is 32.0. The van der Waals surface area contributed by atoms with E-state index in [0.717, 1.165) is 74.4 Å². The van der Waals surface area contributed by atoms with Crippen molar-refractivity contribution in [2.75, 3.05) is 26.4 Å². The summed E-state index contributed by atoms with van der Waals surface area (Å²) in [6.45, 7) is 48.0. The van der Waals surface area contributed by atoms with Crippen LogP contribution in [0, 0.1) is 26.6 Å². The van der Waals surface area contributed by atoms with Gasteiger partial charge in [-0.1, -0.05) is 108 Å². The Morgan fingerprint density at radius 2 is 0.767 bits per heavy atom. The summed E-state index contributed by atoms with van der Waals surface area (Å²) >= 11 is 0. The van der Waals surface area contributed by atoms with Gasteiger partial charge in [-0.15, -0.1) is 0 Å². The first-order valence-corrected chi connectivity index (χ1v) is 20.0. The van der Waals surface area contributed by atoms with E-state index in [9.17, 15) is 10.2 Å². The second-order valence-corrected chi connectivity index (χ2v) is 18.5. The van der Waals surface area contributed by atoms with Gasteiger partial charge in [0.15, 0.2) is 0 Å². The van der Waals surface area contributed by atoms with Crippen LogP contribution in [-0.4, -0.2) is 61.2 Å². The Morgan fingerprint density at radius 1 is 0.500 bits per heavy atom. The number of phenols is 2. The van der Waals surface area contributed by atoms with Crippen LogP contribution in [0.25, 0.3) is 0 Å². The minimum Gasteiger partial charge on any atom is 3.00 e. The van der Waals surface area contributed by atoms with Gasteiger partial charge in [0.1, 0.15) is 11.5 Å². The molecule has 0 amide bonds. The first-order chi connectivity index (χ1) is 27.2. The van der Waals surface area contributed by atoms with E-state index < -0.39 is 0 Å². The summed E-state index contributed by atoms with van der Waals surface area (Å²) in [5.74, 6) is 0.637. The molecule has 2 heterocycles. The van der Waals surface area contributed by atoms with Crippen LogP contribution in [0.3, 0.4) is 0 Å². The molecule has 1 radical (unpaired) electrons. The Labute approximate surface area is 383 Å². The average Bonchev–Trinajstić information content (AvgIpc) is 3.97. The van der Waals surface area contributed by atoms with Gasteiger partial charge in [-0.25, -0.2) is 0 Å². The predicted molar refractivity (Wildman–Crippen MR) is 228 cm³/mol. The first kappa shape index (κ1) is 63.9. The van der Waals surface area contributed by atoms with Crippen molar-refractivity contribution in [1.29, 1.82) is 0 Å². The molecule has 2 aliphatic heterocycles.